The van der Waals surface area contributed by atoms with Crippen LogP contribution in [0.15, 0.2) is 60.4 Å². The second-order valence-corrected chi connectivity index (χ2v) is 6.95. The predicted molar refractivity (Wildman–Crippen MR) is 112 cm³/mol. The van der Waals surface area contributed by atoms with Crippen LogP contribution >= 0.6 is 11.6 Å². The molecule has 4 rings (SSSR count). The summed E-state index contributed by atoms with van der Waals surface area (Å²) in [6.07, 6.45) is 4.83. The molecule has 8 heteroatoms. The molecular formula is C22H17ClN4O3. The summed E-state index contributed by atoms with van der Waals surface area (Å²) in [5.74, 6) is 0.664. The van der Waals surface area contributed by atoms with E-state index in [2.05, 4.69) is 10.4 Å². The fraction of sp³-hybridized carbons (Fsp3) is 0.136. The first-order valence-corrected chi connectivity index (χ1v) is 9.59. The van der Waals surface area contributed by atoms with Crippen molar-refractivity contribution in [3.05, 3.63) is 76.6 Å². The predicted octanol–water partition coefficient (Wildman–Crippen LogP) is 3.90. The number of anilines is 1. The first-order valence-electron chi connectivity index (χ1n) is 9.21. The van der Waals surface area contributed by atoms with Crippen LogP contribution in [0.4, 0.5) is 5.69 Å². The largest absolute Gasteiger partial charge is 0.486 e. The van der Waals surface area contributed by atoms with Crippen molar-refractivity contribution >= 4 is 29.3 Å². The van der Waals surface area contributed by atoms with Gasteiger partial charge in [0.1, 0.15) is 24.9 Å². The van der Waals surface area contributed by atoms with E-state index < -0.39 is 5.91 Å². The number of carbonyl (C=O) groups is 1. The third-order valence-electron chi connectivity index (χ3n) is 4.42. The summed E-state index contributed by atoms with van der Waals surface area (Å²) in [7, 11) is 0. The molecule has 0 fully saturated rings. The molecule has 0 bridgehead atoms. The van der Waals surface area contributed by atoms with Crippen LogP contribution < -0.4 is 14.8 Å². The molecule has 3 aromatic rings. The fourth-order valence-corrected chi connectivity index (χ4v) is 3.17. The van der Waals surface area contributed by atoms with Crippen LogP contribution in [-0.4, -0.2) is 28.9 Å². The second-order valence-electron chi connectivity index (χ2n) is 6.55. The summed E-state index contributed by atoms with van der Waals surface area (Å²) in [4.78, 5) is 12.5. The maximum atomic E-state index is 12.5. The number of ether oxygens (including phenoxy) is 2. The van der Waals surface area contributed by atoms with Crippen LogP contribution in [0.5, 0.6) is 11.5 Å². The van der Waals surface area contributed by atoms with Gasteiger partial charge in [-0.1, -0.05) is 29.8 Å². The lowest BCUT2D eigenvalue weighted by molar-refractivity contribution is -0.112. The Bertz CT molecular complexity index is 1160. The summed E-state index contributed by atoms with van der Waals surface area (Å²) in [6, 6.07) is 14.5. The van der Waals surface area contributed by atoms with Crippen LogP contribution in [0.2, 0.25) is 5.02 Å². The van der Waals surface area contributed by atoms with Crippen molar-refractivity contribution in [3.8, 4) is 17.6 Å². The van der Waals surface area contributed by atoms with E-state index in [-0.39, 0.29) is 5.57 Å². The van der Waals surface area contributed by atoms with Crippen molar-refractivity contribution in [1.29, 1.82) is 5.26 Å². The number of halogens is 1. The summed E-state index contributed by atoms with van der Waals surface area (Å²) >= 11 is 6.18. The normalized spacial score (nSPS) is 12.9. The Morgan fingerprint density at radius 1 is 1.23 bits per heavy atom. The number of fused-ring (bicyclic) bond motifs is 1. The molecule has 1 aliphatic rings. The molecule has 150 valence electrons. The van der Waals surface area contributed by atoms with Gasteiger partial charge in [-0.25, -0.2) is 0 Å². The third-order valence-corrected chi connectivity index (χ3v) is 4.79. The fourth-order valence-electron chi connectivity index (χ4n) is 2.98. The molecule has 2 heterocycles. The third kappa shape index (κ3) is 4.45. The number of nitrogens with zero attached hydrogens (tertiary/aromatic N) is 3. The Morgan fingerprint density at radius 2 is 2.03 bits per heavy atom. The lowest BCUT2D eigenvalue weighted by atomic mass is 10.2. The average molecular weight is 421 g/mol. The van der Waals surface area contributed by atoms with E-state index in [1.54, 1.807) is 35.3 Å². The first kappa shape index (κ1) is 19.6. The minimum Gasteiger partial charge on any atom is -0.486 e. The molecule has 1 aromatic heterocycles. The SMILES string of the molecule is N#C/C(=C\c1cnn(Cc2ccccc2Cl)c1)C(=O)Nc1ccc2c(c1)OCCO2. The Labute approximate surface area is 178 Å². The van der Waals surface area contributed by atoms with Crippen molar-refractivity contribution in [1.82, 2.24) is 9.78 Å². The topological polar surface area (TPSA) is 89.2 Å². The van der Waals surface area contributed by atoms with E-state index in [9.17, 15) is 10.1 Å². The van der Waals surface area contributed by atoms with Gasteiger partial charge in [-0.2, -0.15) is 10.4 Å². The van der Waals surface area contributed by atoms with Crippen molar-refractivity contribution in [3.63, 3.8) is 0 Å². The highest BCUT2D eigenvalue weighted by atomic mass is 35.5. The summed E-state index contributed by atoms with van der Waals surface area (Å²) in [5, 5.41) is 17.1. The molecule has 1 amide bonds. The number of amides is 1. The first-order chi connectivity index (χ1) is 14.6. The number of benzene rings is 2. The molecule has 1 N–H and O–H groups in total. The molecule has 0 spiro atoms. The molecule has 1 aliphatic heterocycles. The number of rotatable bonds is 5. The monoisotopic (exact) mass is 420 g/mol. The van der Waals surface area contributed by atoms with Gasteiger partial charge in [-0.3, -0.25) is 9.48 Å². The van der Waals surface area contributed by atoms with Gasteiger partial charge in [0.15, 0.2) is 11.5 Å². The minimum absolute atomic E-state index is 0.0396. The molecule has 30 heavy (non-hydrogen) atoms. The molecule has 0 saturated carbocycles. The maximum absolute atomic E-state index is 12.5. The van der Waals surface area contributed by atoms with Gasteiger partial charge in [-0.15, -0.1) is 0 Å². The van der Waals surface area contributed by atoms with E-state index in [1.807, 2.05) is 30.3 Å². The highest BCUT2D eigenvalue weighted by Gasteiger charge is 2.15. The zero-order valence-corrected chi connectivity index (χ0v) is 16.6. The van der Waals surface area contributed by atoms with E-state index in [0.29, 0.717) is 47.5 Å². The molecule has 0 aliphatic carbocycles. The zero-order valence-electron chi connectivity index (χ0n) is 15.8. The van der Waals surface area contributed by atoms with Crippen molar-refractivity contribution in [2.24, 2.45) is 0 Å². The smallest absolute Gasteiger partial charge is 0.266 e. The van der Waals surface area contributed by atoms with Gasteiger partial charge in [0.05, 0.1) is 12.7 Å². The van der Waals surface area contributed by atoms with Crippen molar-refractivity contribution < 1.29 is 14.3 Å². The van der Waals surface area contributed by atoms with Gasteiger partial charge in [0, 0.05) is 28.5 Å². The Hall–Kier alpha value is -3.76. The number of nitriles is 1. The molecule has 0 saturated heterocycles. The lowest BCUT2D eigenvalue weighted by Crippen LogP contribution is -2.17. The summed E-state index contributed by atoms with van der Waals surface area (Å²) in [5.41, 5.74) is 2.03. The van der Waals surface area contributed by atoms with Gasteiger partial charge in [0.25, 0.3) is 5.91 Å². The van der Waals surface area contributed by atoms with Crippen LogP contribution in [0.25, 0.3) is 6.08 Å². The number of aromatic nitrogens is 2. The molecule has 2 aromatic carbocycles. The van der Waals surface area contributed by atoms with Gasteiger partial charge >= 0.3 is 0 Å². The van der Waals surface area contributed by atoms with E-state index in [0.717, 1.165) is 5.56 Å². The van der Waals surface area contributed by atoms with Gasteiger partial charge in [0.2, 0.25) is 0 Å². The molecule has 0 unspecified atom stereocenters. The van der Waals surface area contributed by atoms with Crippen LogP contribution in [0.3, 0.4) is 0 Å². The number of hydrogen-bond donors (Lipinski definition) is 1. The maximum Gasteiger partial charge on any atom is 0.266 e. The zero-order chi connectivity index (χ0) is 20.9. The van der Waals surface area contributed by atoms with Crippen LogP contribution in [-0.2, 0) is 11.3 Å². The molecule has 0 atom stereocenters. The number of hydrogen-bond acceptors (Lipinski definition) is 5. The van der Waals surface area contributed by atoms with Crippen LogP contribution in [0, 0.1) is 11.3 Å². The number of nitrogens with one attached hydrogen (secondary N) is 1. The average Bonchev–Trinajstić information content (AvgIpc) is 3.20. The Morgan fingerprint density at radius 3 is 2.83 bits per heavy atom. The molecule has 0 radical (unpaired) electrons. The number of carbonyl (C=O) groups excluding carboxylic acids is 1. The van der Waals surface area contributed by atoms with Gasteiger partial charge in [-0.05, 0) is 29.8 Å². The Kier molecular flexibility index (Phi) is 5.68. The lowest BCUT2D eigenvalue weighted by Gasteiger charge is -2.18. The minimum atomic E-state index is -0.520. The molecule has 7 nitrogen and oxygen atoms in total. The van der Waals surface area contributed by atoms with Crippen molar-refractivity contribution in [2.45, 2.75) is 6.54 Å². The second kappa shape index (κ2) is 8.72. The van der Waals surface area contributed by atoms with E-state index >= 15 is 0 Å². The highest BCUT2D eigenvalue weighted by Crippen LogP contribution is 2.32. The highest BCUT2D eigenvalue weighted by molar-refractivity contribution is 6.31. The molecular weight excluding hydrogens is 404 g/mol. The van der Waals surface area contributed by atoms with E-state index in [4.69, 9.17) is 21.1 Å². The summed E-state index contributed by atoms with van der Waals surface area (Å²) in [6.45, 7) is 1.43. The Balaban J connectivity index is 1.47. The standard InChI is InChI=1S/C22H17ClN4O3/c23-19-4-2-1-3-16(19)14-27-13-15(12-25-27)9-17(11-24)22(28)26-18-5-6-20-21(10-18)30-8-7-29-20/h1-6,9-10,12-13H,7-8,14H2,(H,26,28)/b17-9+. The van der Waals surface area contributed by atoms with Crippen LogP contribution in [0.1, 0.15) is 11.1 Å². The van der Waals surface area contributed by atoms with Crippen molar-refractivity contribution in [2.75, 3.05) is 18.5 Å². The quantitative estimate of drug-likeness (QED) is 0.499. The van der Waals surface area contributed by atoms with Gasteiger partial charge < -0.3 is 14.8 Å². The summed E-state index contributed by atoms with van der Waals surface area (Å²) < 4.78 is 12.7. The van der Waals surface area contributed by atoms with E-state index in [1.165, 1.54) is 6.08 Å².